The van der Waals surface area contributed by atoms with E-state index < -0.39 is 11.6 Å². The molecule has 0 aliphatic carbocycles. The summed E-state index contributed by atoms with van der Waals surface area (Å²) in [6.07, 6.45) is -0.0563. The van der Waals surface area contributed by atoms with Gasteiger partial charge in [0.05, 0.1) is 24.9 Å². The Labute approximate surface area is 121 Å². The molecule has 0 saturated carbocycles. The molecule has 4 N–H and O–H groups in total. The first-order chi connectivity index (χ1) is 9.48. The van der Waals surface area contributed by atoms with Crippen LogP contribution in [0.2, 0.25) is 0 Å². The molecular formula is C16H27NO3. The fourth-order valence-corrected chi connectivity index (χ4v) is 2.04. The maximum atomic E-state index is 10.2. The van der Waals surface area contributed by atoms with E-state index in [1.807, 2.05) is 31.2 Å². The quantitative estimate of drug-likeness (QED) is 0.583. The largest absolute Gasteiger partial charge is 0.394 e. The standard InChI is InChI=1S/C16H27NO3/c1-4-16(10-18,11-19)17-9-15(20)14-7-5-13(6-8-14)12(2)3/h5-8,12,15,17-20H,4,9-11H2,1-3H3. The molecule has 0 aliphatic heterocycles. The molecule has 1 rings (SSSR count). The number of rotatable bonds is 8. The molecule has 0 aliphatic rings. The average molecular weight is 281 g/mol. The van der Waals surface area contributed by atoms with Gasteiger partial charge in [0.25, 0.3) is 0 Å². The summed E-state index contributed by atoms with van der Waals surface area (Å²) >= 11 is 0. The minimum absolute atomic E-state index is 0.154. The predicted octanol–water partition coefficient (Wildman–Crippen LogP) is 1.57. The summed E-state index contributed by atoms with van der Waals surface area (Å²) in [6, 6.07) is 7.89. The lowest BCUT2D eigenvalue weighted by Gasteiger charge is -2.31. The van der Waals surface area contributed by atoms with Gasteiger partial charge in [-0.15, -0.1) is 0 Å². The molecule has 0 heterocycles. The summed E-state index contributed by atoms with van der Waals surface area (Å²) in [5, 5.41) is 31.9. The molecule has 0 saturated heterocycles. The molecular weight excluding hydrogens is 254 g/mol. The first-order valence-electron chi connectivity index (χ1n) is 7.22. The minimum atomic E-state index is -0.723. The second-order valence-corrected chi connectivity index (χ2v) is 5.67. The number of hydrogen-bond donors (Lipinski definition) is 4. The first-order valence-corrected chi connectivity index (χ1v) is 7.22. The van der Waals surface area contributed by atoms with E-state index >= 15 is 0 Å². The third-order valence-corrected chi connectivity index (χ3v) is 3.94. The van der Waals surface area contributed by atoms with Crippen LogP contribution in [0.15, 0.2) is 24.3 Å². The maximum absolute atomic E-state index is 10.2. The Balaban J connectivity index is 2.64. The van der Waals surface area contributed by atoms with Gasteiger partial charge in [-0.05, 0) is 23.5 Å². The summed E-state index contributed by atoms with van der Waals surface area (Å²) in [4.78, 5) is 0. The number of β-amino-alcohol motifs (C(OH)–C–C–N with tert-alkyl or cyclic N) is 1. The van der Waals surface area contributed by atoms with Crippen molar-refractivity contribution >= 4 is 0 Å². The number of benzene rings is 1. The van der Waals surface area contributed by atoms with Crippen LogP contribution in [0.3, 0.4) is 0 Å². The lowest BCUT2D eigenvalue weighted by atomic mass is 9.97. The summed E-state index contributed by atoms with van der Waals surface area (Å²) in [6.45, 7) is 6.15. The van der Waals surface area contributed by atoms with E-state index in [-0.39, 0.29) is 13.2 Å². The topological polar surface area (TPSA) is 72.7 Å². The van der Waals surface area contributed by atoms with Crippen molar-refractivity contribution in [3.05, 3.63) is 35.4 Å². The number of hydrogen-bond acceptors (Lipinski definition) is 4. The lowest BCUT2D eigenvalue weighted by Crippen LogP contribution is -2.52. The minimum Gasteiger partial charge on any atom is -0.394 e. The molecule has 0 spiro atoms. The molecule has 1 atom stereocenters. The highest BCUT2D eigenvalue weighted by atomic mass is 16.3. The van der Waals surface area contributed by atoms with Crippen molar-refractivity contribution < 1.29 is 15.3 Å². The van der Waals surface area contributed by atoms with Gasteiger partial charge in [0.15, 0.2) is 0 Å². The fraction of sp³-hybridized carbons (Fsp3) is 0.625. The molecule has 4 nitrogen and oxygen atoms in total. The summed E-state index contributed by atoms with van der Waals surface area (Å²) in [5.74, 6) is 0.468. The number of nitrogens with one attached hydrogen (secondary N) is 1. The Hall–Kier alpha value is -0.940. The van der Waals surface area contributed by atoms with Gasteiger partial charge in [0, 0.05) is 6.54 Å². The van der Waals surface area contributed by atoms with Gasteiger partial charge in [0.1, 0.15) is 0 Å². The Morgan fingerprint density at radius 3 is 1.95 bits per heavy atom. The molecule has 0 bridgehead atoms. The van der Waals surface area contributed by atoms with Crippen molar-refractivity contribution in [2.24, 2.45) is 0 Å². The van der Waals surface area contributed by atoms with Crippen LogP contribution in [-0.2, 0) is 0 Å². The molecule has 20 heavy (non-hydrogen) atoms. The van der Waals surface area contributed by atoms with Crippen molar-refractivity contribution in [1.29, 1.82) is 0 Å². The van der Waals surface area contributed by atoms with Crippen molar-refractivity contribution in [3.63, 3.8) is 0 Å². The van der Waals surface area contributed by atoms with E-state index in [0.717, 1.165) is 5.56 Å². The van der Waals surface area contributed by atoms with Crippen molar-refractivity contribution in [1.82, 2.24) is 5.32 Å². The zero-order chi connectivity index (χ0) is 15.2. The van der Waals surface area contributed by atoms with Gasteiger partial charge >= 0.3 is 0 Å². The zero-order valence-electron chi connectivity index (χ0n) is 12.6. The van der Waals surface area contributed by atoms with Gasteiger partial charge in [-0.2, -0.15) is 0 Å². The molecule has 1 aromatic rings. The van der Waals surface area contributed by atoms with Gasteiger partial charge in [-0.3, -0.25) is 0 Å². The van der Waals surface area contributed by atoms with Crippen LogP contribution in [0.25, 0.3) is 0 Å². The highest BCUT2D eigenvalue weighted by Crippen LogP contribution is 2.19. The molecule has 0 radical (unpaired) electrons. The predicted molar refractivity (Wildman–Crippen MR) is 80.7 cm³/mol. The first kappa shape index (κ1) is 17.1. The van der Waals surface area contributed by atoms with Crippen molar-refractivity contribution in [2.75, 3.05) is 19.8 Å². The Morgan fingerprint density at radius 1 is 1.05 bits per heavy atom. The van der Waals surface area contributed by atoms with Crippen LogP contribution in [0.1, 0.15) is 50.3 Å². The van der Waals surface area contributed by atoms with E-state index in [4.69, 9.17) is 0 Å². The molecule has 0 amide bonds. The van der Waals surface area contributed by atoms with E-state index in [0.29, 0.717) is 18.9 Å². The highest BCUT2D eigenvalue weighted by molar-refractivity contribution is 5.26. The van der Waals surface area contributed by atoms with Crippen molar-refractivity contribution in [3.8, 4) is 0 Å². The summed E-state index contributed by atoms with van der Waals surface area (Å²) in [7, 11) is 0. The van der Waals surface area contributed by atoms with Gasteiger partial charge in [0.2, 0.25) is 0 Å². The second-order valence-electron chi connectivity index (χ2n) is 5.67. The smallest absolute Gasteiger partial charge is 0.0914 e. The lowest BCUT2D eigenvalue weighted by molar-refractivity contribution is 0.0707. The molecule has 1 unspecified atom stereocenters. The highest BCUT2D eigenvalue weighted by Gasteiger charge is 2.26. The summed E-state index contributed by atoms with van der Waals surface area (Å²) in [5.41, 5.74) is 1.35. The van der Waals surface area contributed by atoms with Gasteiger partial charge < -0.3 is 20.6 Å². The second kappa shape index (κ2) is 7.74. The van der Waals surface area contributed by atoms with Crippen LogP contribution < -0.4 is 5.32 Å². The van der Waals surface area contributed by atoms with Crippen LogP contribution in [0.5, 0.6) is 0 Å². The molecule has 4 heteroatoms. The van der Waals surface area contributed by atoms with Gasteiger partial charge in [-0.25, -0.2) is 0 Å². The van der Waals surface area contributed by atoms with E-state index in [9.17, 15) is 15.3 Å². The summed E-state index contributed by atoms with van der Waals surface area (Å²) < 4.78 is 0. The average Bonchev–Trinajstić information content (AvgIpc) is 2.49. The van der Waals surface area contributed by atoms with Crippen LogP contribution in [0, 0.1) is 0 Å². The monoisotopic (exact) mass is 281 g/mol. The van der Waals surface area contributed by atoms with Crippen LogP contribution in [0.4, 0.5) is 0 Å². The molecule has 0 aromatic heterocycles. The van der Waals surface area contributed by atoms with Crippen molar-refractivity contribution in [2.45, 2.75) is 44.8 Å². The Morgan fingerprint density at radius 2 is 1.55 bits per heavy atom. The fourth-order valence-electron chi connectivity index (χ4n) is 2.04. The zero-order valence-corrected chi connectivity index (χ0v) is 12.6. The maximum Gasteiger partial charge on any atom is 0.0914 e. The van der Waals surface area contributed by atoms with Gasteiger partial charge in [-0.1, -0.05) is 45.0 Å². The van der Waals surface area contributed by atoms with E-state index in [2.05, 4.69) is 19.2 Å². The Bertz CT molecular complexity index is 377. The number of aliphatic hydroxyl groups excluding tert-OH is 3. The van der Waals surface area contributed by atoms with E-state index in [1.54, 1.807) is 0 Å². The number of aliphatic hydroxyl groups is 3. The Kier molecular flexibility index (Phi) is 6.62. The molecule has 0 fully saturated rings. The third-order valence-electron chi connectivity index (χ3n) is 3.94. The SMILES string of the molecule is CCC(CO)(CO)NCC(O)c1ccc(C(C)C)cc1. The van der Waals surface area contributed by atoms with Crippen LogP contribution >= 0.6 is 0 Å². The third kappa shape index (κ3) is 4.28. The normalized spacial score (nSPS) is 13.8. The van der Waals surface area contributed by atoms with E-state index in [1.165, 1.54) is 5.56 Å². The van der Waals surface area contributed by atoms with Crippen LogP contribution in [-0.4, -0.2) is 40.6 Å². The molecule has 1 aromatic carbocycles. The molecule has 114 valence electrons.